The van der Waals surface area contributed by atoms with Crippen LogP contribution in [0.1, 0.15) is 12.5 Å². The molecule has 7 nitrogen and oxygen atoms in total. The molecule has 1 heterocycles. The van der Waals surface area contributed by atoms with E-state index in [1.807, 2.05) is 18.2 Å². The zero-order valence-corrected chi connectivity index (χ0v) is 20.7. The number of carbonyl (C=O) groups excluding carboxylic acids is 1. The number of hydrogen-bond donors (Lipinski definition) is 0. The summed E-state index contributed by atoms with van der Waals surface area (Å²) in [5.41, 5.74) is 1.48. The van der Waals surface area contributed by atoms with Crippen molar-refractivity contribution < 1.29 is 17.9 Å². The number of amides is 1. The lowest BCUT2D eigenvalue weighted by molar-refractivity contribution is -0.133. The Morgan fingerprint density at radius 3 is 2.39 bits per heavy atom. The van der Waals surface area contributed by atoms with E-state index in [9.17, 15) is 13.2 Å². The molecule has 9 heteroatoms. The number of halogens is 1. The van der Waals surface area contributed by atoms with E-state index in [2.05, 4.69) is 29.2 Å². The molecule has 1 amide bonds. The van der Waals surface area contributed by atoms with Gasteiger partial charge in [0.1, 0.15) is 11.8 Å². The van der Waals surface area contributed by atoms with Crippen molar-refractivity contribution in [3.63, 3.8) is 0 Å². The average molecular weight is 492 g/mol. The van der Waals surface area contributed by atoms with Gasteiger partial charge in [-0.05, 0) is 30.7 Å². The fourth-order valence-electron chi connectivity index (χ4n) is 3.91. The molecule has 1 unspecified atom stereocenters. The molecule has 0 aromatic heterocycles. The molecular weight excluding hydrogens is 462 g/mol. The highest BCUT2D eigenvalue weighted by Crippen LogP contribution is 2.31. The molecule has 178 valence electrons. The summed E-state index contributed by atoms with van der Waals surface area (Å²) in [4.78, 5) is 17.2. The molecule has 3 rings (SSSR count). The Labute approximate surface area is 201 Å². The molecule has 1 saturated heterocycles. The summed E-state index contributed by atoms with van der Waals surface area (Å²) in [6.07, 6.45) is 5.30. The average Bonchev–Trinajstić information content (AvgIpc) is 2.79. The van der Waals surface area contributed by atoms with Crippen LogP contribution in [-0.4, -0.2) is 76.3 Å². The van der Waals surface area contributed by atoms with Crippen LogP contribution in [0.5, 0.6) is 5.75 Å². The van der Waals surface area contributed by atoms with Crippen molar-refractivity contribution in [2.45, 2.75) is 13.0 Å². The number of rotatable bonds is 8. The predicted molar refractivity (Wildman–Crippen MR) is 133 cm³/mol. The Kier molecular flexibility index (Phi) is 8.40. The molecule has 0 radical (unpaired) electrons. The van der Waals surface area contributed by atoms with Crippen molar-refractivity contribution in [3.8, 4) is 5.75 Å². The van der Waals surface area contributed by atoms with Gasteiger partial charge in [0.2, 0.25) is 15.9 Å². The van der Waals surface area contributed by atoms with E-state index in [0.717, 1.165) is 35.8 Å². The van der Waals surface area contributed by atoms with Crippen LogP contribution in [0.25, 0.3) is 6.08 Å². The maximum atomic E-state index is 13.2. The van der Waals surface area contributed by atoms with E-state index < -0.39 is 16.1 Å². The third-order valence-corrected chi connectivity index (χ3v) is 7.15. The maximum Gasteiger partial charge on any atom is 0.246 e. The Hall–Kier alpha value is -2.55. The number of carbonyl (C=O) groups is 1. The lowest BCUT2D eigenvalue weighted by atomic mass is 10.2. The van der Waals surface area contributed by atoms with Gasteiger partial charge in [-0.15, -0.1) is 0 Å². The third kappa shape index (κ3) is 6.50. The quantitative estimate of drug-likeness (QED) is 0.566. The molecule has 1 aliphatic heterocycles. The van der Waals surface area contributed by atoms with Gasteiger partial charge in [0.05, 0.1) is 24.1 Å². The van der Waals surface area contributed by atoms with Crippen molar-refractivity contribution >= 4 is 39.3 Å². The summed E-state index contributed by atoms with van der Waals surface area (Å²) in [5.74, 6) is 0.206. The number of benzene rings is 2. The van der Waals surface area contributed by atoms with Gasteiger partial charge < -0.3 is 9.64 Å². The zero-order chi connectivity index (χ0) is 24.0. The topological polar surface area (TPSA) is 70.2 Å². The number of piperazine rings is 1. The maximum absolute atomic E-state index is 13.2. The van der Waals surface area contributed by atoms with Crippen molar-refractivity contribution in [2.75, 3.05) is 50.4 Å². The first kappa shape index (κ1) is 25.1. The summed E-state index contributed by atoms with van der Waals surface area (Å²) >= 11 is 6.20. The van der Waals surface area contributed by atoms with E-state index in [0.29, 0.717) is 24.5 Å². The van der Waals surface area contributed by atoms with Crippen LogP contribution in [0, 0.1) is 0 Å². The van der Waals surface area contributed by atoms with Gasteiger partial charge in [0.15, 0.2) is 0 Å². The first-order valence-corrected chi connectivity index (χ1v) is 13.0. The fraction of sp³-hybridized carbons (Fsp3) is 0.375. The molecule has 1 aliphatic rings. The van der Waals surface area contributed by atoms with E-state index in [-0.39, 0.29) is 10.9 Å². The Balaban J connectivity index is 1.63. The molecule has 0 N–H and O–H groups in total. The smallest absolute Gasteiger partial charge is 0.246 e. The van der Waals surface area contributed by atoms with Crippen molar-refractivity contribution in [1.29, 1.82) is 0 Å². The summed E-state index contributed by atoms with van der Waals surface area (Å²) in [6, 6.07) is 13.9. The van der Waals surface area contributed by atoms with Crippen LogP contribution < -0.4 is 9.04 Å². The molecule has 33 heavy (non-hydrogen) atoms. The predicted octanol–water partition coefficient (Wildman–Crippen LogP) is 3.36. The summed E-state index contributed by atoms with van der Waals surface area (Å²) in [7, 11) is -2.23. The molecule has 2 aromatic rings. The second kappa shape index (κ2) is 11.0. The number of anilines is 1. The minimum atomic E-state index is -3.72. The number of hydrogen-bond acceptors (Lipinski definition) is 5. The lowest BCUT2D eigenvalue weighted by Gasteiger charge is -2.37. The Morgan fingerprint density at radius 2 is 1.82 bits per heavy atom. The number of sulfonamides is 1. The van der Waals surface area contributed by atoms with Gasteiger partial charge >= 0.3 is 0 Å². The zero-order valence-electron chi connectivity index (χ0n) is 19.1. The molecular formula is C24H30ClN3O4S. The van der Waals surface area contributed by atoms with Crippen LogP contribution in [-0.2, 0) is 14.8 Å². The monoisotopic (exact) mass is 491 g/mol. The highest BCUT2D eigenvalue weighted by atomic mass is 35.5. The Bertz CT molecular complexity index is 1080. The van der Waals surface area contributed by atoms with Crippen LogP contribution in [0.2, 0.25) is 5.02 Å². The highest BCUT2D eigenvalue weighted by molar-refractivity contribution is 7.92. The van der Waals surface area contributed by atoms with Gasteiger partial charge in [-0.2, -0.15) is 0 Å². The highest BCUT2D eigenvalue weighted by Gasteiger charge is 2.33. The SMILES string of the molecule is COc1ccc(N(C(C)C(=O)N2CCN(C/C=C/c3ccccc3)CC2)S(C)(=O)=O)cc1Cl. The molecule has 0 aliphatic carbocycles. The van der Waals surface area contributed by atoms with Gasteiger partial charge in [-0.3, -0.25) is 14.0 Å². The largest absolute Gasteiger partial charge is 0.495 e. The first-order valence-electron chi connectivity index (χ1n) is 10.8. The molecule has 0 spiro atoms. The third-order valence-electron chi connectivity index (χ3n) is 5.61. The second-order valence-electron chi connectivity index (χ2n) is 7.99. The van der Waals surface area contributed by atoms with Crippen molar-refractivity contribution in [2.24, 2.45) is 0 Å². The van der Waals surface area contributed by atoms with Crippen molar-refractivity contribution in [3.05, 3.63) is 65.2 Å². The van der Waals surface area contributed by atoms with Crippen LogP contribution in [0.15, 0.2) is 54.6 Å². The lowest BCUT2D eigenvalue weighted by Crippen LogP contribution is -2.55. The normalized spacial score (nSPS) is 16.1. The van der Waals surface area contributed by atoms with E-state index in [1.54, 1.807) is 24.0 Å². The van der Waals surface area contributed by atoms with E-state index in [1.165, 1.54) is 13.2 Å². The van der Waals surface area contributed by atoms with Gasteiger partial charge in [0.25, 0.3) is 0 Å². The molecule has 0 saturated carbocycles. The van der Waals surface area contributed by atoms with E-state index in [4.69, 9.17) is 16.3 Å². The molecule has 2 aromatic carbocycles. The standard InChI is InChI=1S/C24H30ClN3O4S/c1-19(28(33(3,30)31)21-11-12-23(32-2)22(25)18-21)24(29)27-16-14-26(15-17-27)13-7-10-20-8-5-4-6-9-20/h4-12,18-19H,13-17H2,1-3H3/b10-7+. The van der Waals surface area contributed by atoms with Gasteiger partial charge in [-0.1, -0.05) is 54.1 Å². The van der Waals surface area contributed by atoms with Crippen LogP contribution in [0.3, 0.4) is 0 Å². The minimum Gasteiger partial charge on any atom is -0.495 e. The number of nitrogens with zero attached hydrogens (tertiary/aromatic N) is 3. The fourth-order valence-corrected chi connectivity index (χ4v) is 5.33. The van der Waals surface area contributed by atoms with Gasteiger partial charge in [-0.25, -0.2) is 8.42 Å². The minimum absolute atomic E-state index is 0.230. The number of ether oxygens (including phenoxy) is 1. The van der Waals surface area contributed by atoms with Gasteiger partial charge in [0, 0.05) is 32.7 Å². The van der Waals surface area contributed by atoms with Crippen molar-refractivity contribution in [1.82, 2.24) is 9.80 Å². The van der Waals surface area contributed by atoms with Crippen LogP contribution >= 0.6 is 11.6 Å². The molecule has 1 atom stereocenters. The first-order chi connectivity index (χ1) is 15.7. The summed E-state index contributed by atoms with van der Waals surface area (Å²) in [6.45, 7) is 4.95. The van der Waals surface area contributed by atoms with Crippen LogP contribution in [0.4, 0.5) is 5.69 Å². The summed E-state index contributed by atoms with van der Waals surface area (Å²) in [5, 5.41) is 0.278. The molecule has 1 fully saturated rings. The number of methoxy groups -OCH3 is 1. The second-order valence-corrected chi connectivity index (χ2v) is 10.3. The van der Waals surface area contributed by atoms with E-state index >= 15 is 0 Å². The summed E-state index contributed by atoms with van der Waals surface area (Å²) < 4.78 is 31.4. The Morgan fingerprint density at radius 1 is 1.15 bits per heavy atom. The molecule has 0 bridgehead atoms.